The SMILES string of the molecule is NC(=O)CC[C@@H]1NC(=O)[C@H](Cc2ccccc2)NC(=O)[C@H](Cc2cc(I)c(O)c(I)c2)NC(=O)[C@@H](N)CSSC[C@@H](C(=O)N2CCC[C@H]2C(=O)N[C@@H](CCCN=C(N)N)C(=O)NCC(N)=O)NC(=O)[C@H](CC(N)=O)NC1=O.O=C(O)C(F)(F)F. The zero-order valence-electron chi connectivity index (χ0n) is 44.4. The first-order valence-corrected chi connectivity index (χ1v) is 29.8. The van der Waals surface area contributed by atoms with Gasteiger partial charge in [-0.25, -0.2) is 4.79 Å². The first-order chi connectivity index (χ1) is 39.4. The molecule has 4 rings (SSSR count). The van der Waals surface area contributed by atoms with Crippen LogP contribution in [0.3, 0.4) is 0 Å². The number of hydrogen-bond acceptors (Lipinski definition) is 17. The number of guanidine groups is 1. The molecule has 8 atom stereocenters. The van der Waals surface area contributed by atoms with E-state index in [2.05, 4.69) is 42.2 Å². The van der Waals surface area contributed by atoms with Gasteiger partial charge in [0.1, 0.15) is 48.0 Å². The number of phenolic OH excluding ortho intramolecular Hbond substituents is 1. The number of carboxylic acid groups (broad SMARTS) is 1. The normalized spacial score (nSPS) is 21.4. The molecule has 2 saturated heterocycles. The predicted molar refractivity (Wildman–Crippen MR) is 315 cm³/mol. The summed E-state index contributed by atoms with van der Waals surface area (Å²) in [5.41, 5.74) is 34.5. The van der Waals surface area contributed by atoms with Gasteiger partial charge in [0, 0.05) is 43.9 Å². The fourth-order valence-corrected chi connectivity index (χ4v) is 12.1. The Morgan fingerprint density at radius 2 is 1.29 bits per heavy atom. The fraction of sp³-hybridized carbons (Fsp3) is 0.479. The van der Waals surface area contributed by atoms with E-state index in [4.69, 9.17) is 44.3 Å². The predicted octanol–water partition coefficient (Wildman–Crippen LogP) is -3.56. The number of aliphatic carboxylic acids is 1. The number of alkyl halides is 3. The number of benzene rings is 2. The van der Waals surface area contributed by atoms with Gasteiger partial charge in [0.15, 0.2) is 5.96 Å². The third kappa shape index (κ3) is 24.7. The molecule has 2 aromatic rings. The van der Waals surface area contributed by atoms with Crippen LogP contribution in [-0.4, -0.2) is 178 Å². The molecule has 29 nitrogen and oxygen atoms in total. The molecule has 21 N–H and O–H groups in total. The molecule has 84 heavy (non-hydrogen) atoms. The average molecular weight is 1450 g/mol. The highest BCUT2D eigenvalue weighted by molar-refractivity contribution is 14.1. The number of rotatable bonds is 19. The second kappa shape index (κ2) is 34.7. The summed E-state index contributed by atoms with van der Waals surface area (Å²) >= 11 is 3.83. The Bertz CT molecular complexity index is 2750. The first-order valence-electron chi connectivity index (χ1n) is 25.2. The van der Waals surface area contributed by atoms with Gasteiger partial charge in [-0.3, -0.25) is 57.7 Å². The molecular weight excluding hydrogens is 1390 g/mol. The molecule has 462 valence electrons. The van der Waals surface area contributed by atoms with Crippen molar-refractivity contribution in [3.8, 4) is 5.75 Å². The summed E-state index contributed by atoms with van der Waals surface area (Å²) in [6, 6.07) is 0.180. The van der Waals surface area contributed by atoms with Crippen molar-refractivity contribution in [3.63, 3.8) is 0 Å². The summed E-state index contributed by atoms with van der Waals surface area (Å²) in [6.07, 6.45) is -6.49. The molecule has 0 unspecified atom stereocenters. The van der Waals surface area contributed by atoms with Gasteiger partial charge in [0.2, 0.25) is 65.0 Å². The largest absolute Gasteiger partial charge is 0.506 e. The highest BCUT2D eigenvalue weighted by Crippen LogP contribution is 2.29. The summed E-state index contributed by atoms with van der Waals surface area (Å²) in [7, 11) is 2.00. The molecule has 0 saturated carbocycles. The molecule has 0 aliphatic carbocycles. The Morgan fingerprint density at radius 3 is 1.85 bits per heavy atom. The van der Waals surface area contributed by atoms with Crippen LogP contribution < -0.4 is 71.6 Å². The van der Waals surface area contributed by atoms with Gasteiger partial charge in [-0.05, 0) is 101 Å². The van der Waals surface area contributed by atoms with Gasteiger partial charge in [-0.1, -0.05) is 51.9 Å². The van der Waals surface area contributed by atoms with Crippen molar-refractivity contribution in [2.75, 3.05) is 31.1 Å². The molecule has 36 heteroatoms. The van der Waals surface area contributed by atoms with Gasteiger partial charge >= 0.3 is 12.1 Å². The summed E-state index contributed by atoms with van der Waals surface area (Å²) in [5, 5.41) is 35.4. The van der Waals surface area contributed by atoms with Crippen LogP contribution in [0.5, 0.6) is 5.75 Å². The highest BCUT2D eigenvalue weighted by Gasteiger charge is 2.41. The Balaban J connectivity index is 0.00000247. The second-order valence-corrected chi connectivity index (χ2v) is 23.5. The molecule has 2 heterocycles. The van der Waals surface area contributed by atoms with Crippen molar-refractivity contribution < 1.29 is 80.9 Å². The lowest BCUT2D eigenvalue weighted by molar-refractivity contribution is -0.192. The van der Waals surface area contributed by atoms with E-state index in [1.807, 2.05) is 45.2 Å². The van der Waals surface area contributed by atoms with Crippen LogP contribution in [0.4, 0.5) is 13.2 Å². The third-order valence-electron chi connectivity index (χ3n) is 12.0. The van der Waals surface area contributed by atoms with Crippen molar-refractivity contribution in [1.29, 1.82) is 0 Å². The van der Waals surface area contributed by atoms with Crippen LogP contribution >= 0.6 is 66.8 Å². The van der Waals surface area contributed by atoms with Crippen molar-refractivity contribution in [3.05, 3.63) is 60.7 Å². The summed E-state index contributed by atoms with van der Waals surface area (Å²) in [5.74, 6) is -13.2. The average Bonchev–Trinajstić information content (AvgIpc) is 4.00. The Hall–Kier alpha value is -6.94. The molecule has 0 radical (unpaired) electrons. The number of aliphatic imine (C=N–C) groups is 1. The topological polar surface area (TPSA) is 501 Å². The van der Waals surface area contributed by atoms with Crippen molar-refractivity contribution in [1.82, 2.24) is 42.1 Å². The van der Waals surface area contributed by atoms with Gasteiger partial charge < -0.3 is 86.7 Å². The number of likely N-dealkylation sites (tertiary alicyclic amines) is 1. The van der Waals surface area contributed by atoms with E-state index in [1.54, 1.807) is 42.5 Å². The second-order valence-electron chi connectivity index (χ2n) is 18.6. The number of amides is 11. The van der Waals surface area contributed by atoms with Crippen molar-refractivity contribution >= 4 is 144 Å². The maximum atomic E-state index is 14.6. The smallest absolute Gasteiger partial charge is 0.490 e. The van der Waals surface area contributed by atoms with Crippen LogP contribution in [0, 0.1) is 7.14 Å². The van der Waals surface area contributed by atoms with E-state index in [1.165, 1.54) is 4.90 Å². The number of carboxylic acids is 1. The quantitative estimate of drug-likeness (QED) is 0.0213. The molecule has 0 bridgehead atoms. The van der Waals surface area contributed by atoms with E-state index in [0.29, 0.717) is 24.7 Å². The number of primary amides is 3. The lowest BCUT2D eigenvalue weighted by Gasteiger charge is -2.31. The molecular formula is C48H64F3I2N15O14S2. The van der Waals surface area contributed by atoms with Crippen LogP contribution in [0.25, 0.3) is 0 Å². The maximum Gasteiger partial charge on any atom is 0.490 e. The van der Waals surface area contributed by atoms with E-state index in [9.17, 15) is 71.0 Å². The molecule has 0 spiro atoms. The van der Waals surface area contributed by atoms with Crippen LogP contribution in [0.2, 0.25) is 0 Å². The standard InChI is InChI=1S/C46H63I2N15O12S2.C2HF3O2/c47-24-14-23(15-25(48)37(24)67)17-30-42(72)60-29(16-22-6-2-1-3-7-22)41(71)57-28(10-11-34(50)64)40(70)61-31(18-35(51)65)43(73)62-32(21-77-76-20-26(49)38(68)59-30)45(75)63-13-5-9-33(63)44(74)58-27(8-4-12-55-46(53)54)39(69)56-19-36(52)66;3-2(4,5)1(6)7/h1-3,6-7,14-15,26-33,67H,4-5,8-13,16-21,49H2,(H2,50,64)(H2,51,65)(H2,52,66)(H,56,69)(H,57,71)(H,58,74)(H,59,68)(H,60,72)(H,61,70)(H,62,73)(H4,53,54,55);(H,6,7)/t26-,27-,28-,29-,30-,31-,32-,33-;/m0./s1. The van der Waals surface area contributed by atoms with E-state index < -0.39 is 151 Å². The van der Waals surface area contributed by atoms with Crippen LogP contribution in [0.15, 0.2) is 47.5 Å². The fourth-order valence-electron chi connectivity index (χ4n) is 7.90. The van der Waals surface area contributed by atoms with Crippen molar-refractivity contribution in [2.45, 2.75) is 112 Å². The minimum atomic E-state index is -5.08. The molecule has 0 aromatic heterocycles. The van der Waals surface area contributed by atoms with Crippen LogP contribution in [-0.2, 0) is 70.4 Å². The molecule has 2 aliphatic heterocycles. The summed E-state index contributed by atoms with van der Waals surface area (Å²) in [6.45, 7) is -0.446. The summed E-state index contributed by atoms with van der Waals surface area (Å²) in [4.78, 5) is 163. The minimum absolute atomic E-state index is 0.0000896. The Morgan fingerprint density at radius 1 is 0.750 bits per heavy atom. The highest BCUT2D eigenvalue weighted by atomic mass is 127. The molecule has 2 aliphatic rings. The number of nitrogens with zero attached hydrogens (tertiary/aromatic N) is 2. The Kier molecular flexibility index (Phi) is 29.5. The van der Waals surface area contributed by atoms with E-state index in [0.717, 1.165) is 21.6 Å². The van der Waals surface area contributed by atoms with Gasteiger partial charge in [-0.2, -0.15) is 13.2 Å². The van der Waals surface area contributed by atoms with Gasteiger partial charge in [0.05, 0.1) is 26.1 Å². The number of nitrogens with one attached hydrogen (secondary N) is 7. The molecule has 2 aromatic carbocycles. The zero-order chi connectivity index (χ0) is 63.0. The molecule has 2 fully saturated rings. The lowest BCUT2D eigenvalue weighted by atomic mass is 10.0. The number of aromatic hydroxyl groups is 1. The number of carbonyl (C=O) groups excluding carboxylic acids is 11. The number of hydrogen-bond donors (Lipinski definition) is 15. The monoisotopic (exact) mass is 1450 g/mol. The maximum absolute atomic E-state index is 14.6. The number of halogens is 5. The number of phenols is 1. The molecule has 11 amide bonds. The van der Waals surface area contributed by atoms with E-state index in [-0.39, 0.29) is 68.4 Å². The third-order valence-corrected chi connectivity index (χ3v) is 16.1. The first kappa shape index (κ1) is 71.3. The minimum Gasteiger partial charge on any atom is -0.506 e. The van der Waals surface area contributed by atoms with Gasteiger partial charge in [-0.15, -0.1) is 0 Å². The van der Waals surface area contributed by atoms with Crippen molar-refractivity contribution in [2.24, 2.45) is 39.4 Å². The Labute approximate surface area is 512 Å². The van der Waals surface area contributed by atoms with Gasteiger partial charge in [0.25, 0.3) is 0 Å². The van der Waals surface area contributed by atoms with E-state index >= 15 is 0 Å². The lowest BCUT2D eigenvalue weighted by Crippen LogP contribution is -2.61. The van der Waals surface area contributed by atoms with Crippen LogP contribution in [0.1, 0.15) is 56.1 Å². The summed E-state index contributed by atoms with van der Waals surface area (Å²) < 4.78 is 32.6. The number of nitrogens with two attached hydrogens (primary N) is 6. The zero-order valence-corrected chi connectivity index (χ0v) is 50.4. The number of carbonyl (C=O) groups is 12.